The summed E-state index contributed by atoms with van der Waals surface area (Å²) in [7, 11) is 0. The van der Waals surface area contributed by atoms with E-state index >= 15 is 4.39 Å². The van der Waals surface area contributed by atoms with Gasteiger partial charge in [-0.2, -0.15) is 13.2 Å². The van der Waals surface area contributed by atoms with Gasteiger partial charge in [0.1, 0.15) is 28.8 Å². The number of hydrogen-bond acceptors (Lipinski definition) is 1. The van der Waals surface area contributed by atoms with Gasteiger partial charge < -0.3 is 4.74 Å². The molecule has 0 aliphatic carbocycles. The molecule has 0 aromatic heterocycles. The van der Waals surface area contributed by atoms with Gasteiger partial charge in [0.15, 0.2) is 0 Å². The summed E-state index contributed by atoms with van der Waals surface area (Å²) in [4.78, 5) is 0. The van der Waals surface area contributed by atoms with Crippen molar-refractivity contribution in [2.75, 3.05) is 6.61 Å². The molecule has 0 fully saturated rings. The maximum Gasteiger partial charge on any atom is 0.422 e. The standard InChI is InChI=1S/C32H30F6O/c1-2-3-4-5-6-17-39-26-14-11-22(12-15-26)24-13-16-27-25(20-24)10-9-23(31(27)35)8-7-21-18-28(33)30(29(34)19-21)32(36,37)38/h9-16,18-20H,2-8,17H2,1H3. The zero-order chi connectivity index (χ0) is 28.0. The van der Waals surface area contributed by atoms with E-state index in [1.165, 1.54) is 19.3 Å². The minimum absolute atomic E-state index is 0.0142. The van der Waals surface area contributed by atoms with Crippen molar-refractivity contribution in [3.05, 3.63) is 101 Å². The second-order valence-corrected chi connectivity index (χ2v) is 9.69. The molecule has 0 heterocycles. The van der Waals surface area contributed by atoms with Crippen molar-refractivity contribution in [3.8, 4) is 16.9 Å². The third-order valence-corrected chi connectivity index (χ3v) is 6.81. The lowest BCUT2D eigenvalue weighted by molar-refractivity contribution is -0.142. The molecule has 4 rings (SSSR count). The highest BCUT2D eigenvalue weighted by molar-refractivity contribution is 5.88. The Morgan fingerprint density at radius 1 is 0.692 bits per heavy atom. The van der Waals surface area contributed by atoms with Crippen molar-refractivity contribution >= 4 is 10.8 Å². The summed E-state index contributed by atoms with van der Waals surface area (Å²) in [5.74, 6) is -3.01. The average molecular weight is 545 g/mol. The van der Waals surface area contributed by atoms with Gasteiger partial charge in [0.25, 0.3) is 0 Å². The first-order chi connectivity index (χ1) is 18.7. The van der Waals surface area contributed by atoms with Gasteiger partial charge in [0.05, 0.1) is 6.61 Å². The van der Waals surface area contributed by atoms with E-state index in [1.54, 1.807) is 18.2 Å². The van der Waals surface area contributed by atoms with Crippen LogP contribution in [-0.2, 0) is 19.0 Å². The van der Waals surface area contributed by atoms with Crippen LogP contribution in [0.15, 0.2) is 66.7 Å². The Kier molecular flexibility index (Phi) is 9.20. The second-order valence-electron chi connectivity index (χ2n) is 9.69. The van der Waals surface area contributed by atoms with Crippen LogP contribution in [0.3, 0.4) is 0 Å². The van der Waals surface area contributed by atoms with Crippen LogP contribution in [0, 0.1) is 17.5 Å². The Morgan fingerprint density at radius 3 is 2.03 bits per heavy atom. The molecule has 0 spiro atoms. The molecule has 0 aliphatic heterocycles. The molecule has 0 saturated carbocycles. The smallest absolute Gasteiger partial charge is 0.422 e. The molecule has 0 saturated heterocycles. The maximum absolute atomic E-state index is 15.2. The molecular formula is C32H30F6O. The van der Waals surface area contributed by atoms with Crippen LogP contribution in [0.25, 0.3) is 21.9 Å². The minimum atomic E-state index is -5.13. The number of alkyl halides is 3. The van der Waals surface area contributed by atoms with Crippen LogP contribution < -0.4 is 4.74 Å². The first-order valence-corrected chi connectivity index (χ1v) is 13.2. The van der Waals surface area contributed by atoms with Crippen molar-refractivity contribution in [2.24, 2.45) is 0 Å². The number of fused-ring (bicyclic) bond motifs is 1. The lowest BCUT2D eigenvalue weighted by Gasteiger charge is -2.12. The van der Waals surface area contributed by atoms with E-state index in [0.29, 0.717) is 35.1 Å². The summed E-state index contributed by atoms with van der Waals surface area (Å²) in [5.41, 5.74) is 0.294. The maximum atomic E-state index is 15.2. The van der Waals surface area contributed by atoms with Crippen molar-refractivity contribution in [2.45, 2.75) is 58.0 Å². The van der Waals surface area contributed by atoms with Gasteiger partial charge in [-0.1, -0.05) is 69.0 Å². The Labute approximate surface area is 224 Å². The Balaban J connectivity index is 1.42. The molecule has 7 heteroatoms. The Bertz CT molecular complexity index is 1390. The summed E-state index contributed by atoms with van der Waals surface area (Å²) in [6.07, 6.45) is 0.804. The molecule has 0 N–H and O–H groups in total. The van der Waals surface area contributed by atoms with E-state index in [1.807, 2.05) is 36.4 Å². The fraction of sp³-hybridized carbons (Fsp3) is 0.312. The highest BCUT2D eigenvalue weighted by Crippen LogP contribution is 2.34. The van der Waals surface area contributed by atoms with Gasteiger partial charge in [-0.25, -0.2) is 13.2 Å². The van der Waals surface area contributed by atoms with Gasteiger partial charge >= 0.3 is 6.18 Å². The summed E-state index contributed by atoms with van der Waals surface area (Å²) in [6.45, 7) is 2.87. The van der Waals surface area contributed by atoms with Gasteiger partial charge in [0.2, 0.25) is 0 Å². The fourth-order valence-electron chi connectivity index (χ4n) is 4.67. The zero-order valence-electron chi connectivity index (χ0n) is 21.7. The molecule has 0 bridgehead atoms. The van der Waals surface area contributed by atoms with Crippen LogP contribution in [0.4, 0.5) is 26.3 Å². The van der Waals surface area contributed by atoms with Crippen molar-refractivity contribution in [1.82, 2.24) is 0 Å². The SMILES string of the molecule is CCCCCCCOc1ccc(-c2ccc3c(F)c(CCc4cc(F)c(C(F)(F)F)c(F)c4)ccc3c2)cc1. The summed E-state index contributed by atoms with van der Waals surface area (Å²) in [6, 6.07) is 17.8. The van der Waals surface area contributed by atoms with Gasteiger partial charge in [0, 0.05) is 5.39 Å². The van der Waals surface area contributed by atoms with Gasteiger partial charge in [-0.05, 0) is 77.2 Å². The number of ether oxygens (including phenoxy) is 1. The number of benzene rings is 4. The van der Waals surface area contributed by atoms with E-state index in [2.05, 4.69) is 6.92 Å². The first-order valence-electron chi connectivity index (χ1n) is 13.2. The quantitative estimate of drug-likeness (QED) is 0.135. The molecule has 1 nitrogen and oxygen atoms in total. The van der Waals surface area contributed by atoms with Crippen molar-refractivity contribution in [3.63, 3.8) is 0 Å². The summed E-state index contributed by atoms with van der Waals surface area (Å²) < 4.78 is 87.2. The Hall–Kier alpha value is -3.48. The van der Waals surface area contributed by atoms with E-state index in [-0.39, 0.29) is 18.4 Å². The predicted octanol–water partition coefficient (Wildman–Crippen LogP) is 10.1. The highest BCUT2D eigenvalue weighted by Gasteiger charge is 2.37. The van der Waals surface area contributed by atoms with Gasteiger partial charge in [-0.15, -0.1) is 0 Å². The second kappa shape index (κ2) is 12.6. The molecule has 0 atom stereocenters. The molecule has 206 valence electrons. The molecule has 0 unspecified atom stereocenters. The zero-order valence-corrected chi connectivity index (χ0v) is 21.7. The highest BCUT2D eigenvalue weighted by atomic mass is 19.4. The average Bonchev–Trinajstić information content (AvgIpc) is 2.89. The number of aryl methyl sites for hydroxylation is 2. The number of halogens is 6. The molecule has 39 heavy (non-hydrogen) atoms. The predicted molar refractivity (Wildman–Crippen MR) is 142 cm³/mol. The topological polar surface area (TPSA) is 9.23 Å². The van der Waals surface area contributed by atoms with Crippen LogP contribution in [0.2, 0.25) is 0 Å². The molecule has 0 aliphatic rings. The van der Waals surface area contributed by atoms with Crippen molar-refractivity contribution < 1.29 is 31.1 Å². The number of rotatable bonds is 11. The molecule has 0 amide bonds. The summed E-state index contributed by atoms with van der Waals surface area (Å²) in [5, 5.41) is 1.08. The lowest BCUT2D eigenvalue weighted by atomic mass is 9.97. The van der Waals surface area contributed by atoms with E-state index in [0.717, 1.165) is 29.7 Å². The van der Waals surface area contributed by atoms with Crippen LogP contribution in [0.1, 0.15) is 55.7 Å². The monoisotopic (exact) mass is 544 g/mol. The van der Waals surface area contributed by atoms with Crippen LogP contribution >= 0.6 is 0 Å². The summed E-state index contributed by atoms with van der Waals surface area (Å²) >= 11 is 0. The van der Waals surface area contributed by atoms with E-state index in [9.17, 15) is 22.0 Å². The third kappa shape index (κ3) is 7.14. The lowest BCUT2D eigenvalue weighted by Crippen LogP contribution is -2.12. The van der Waals surface area contributed by atoms with E-state index in [4.69, 9.17) is 4.74 Å². The molecular weight excluding hydrogens is 514 g/mol. The van der Waals surface area contributed by atoms with Gasteiger partial charge in [-0.3, -0.25) is 0 Å². The number of hydrogen-bond donors (Lipinski definition) is 0. The largest absolute Gasteiger partial charge is 0.494 e. The van der Waals surface area contributed by atoms with Crippen LogP contribution in [0.5, 0.6) is 5.75 Å². The fourth-order valence-corrected chi connectivity index (χ4v) is 4.67. The number of unbranched alkanes of at least 4 members (excludes halogenated alkanes) is 4. The molecule has 4 aromatic rings. The normalized spacial score (nSPS) is 11.8. The minimum Gasteiger partial charge on any atom is -0.494 e. The molecule has 4 aromatic carbocycles. The van der Waals surface area contributed by atoms with E-state index < -0.39 is 29.2 Å². The first kappa shape index (κ1) is 28.5. The van der Waals surface area contributed by atoms with Crippen molar-refractivity contribution in [1.29, 1.82) is 0 Å². The van der Waals surface area contributed by atoms with Crippen LogP contribution in [-0.4, -0.2) is 6.61 Å². The Morgan fingerprint density at radius 2 is 1.36 bits per heavy atom. The third-order valence-electron chi connectivity index (χ3n) is 6.81. The molecule has 0 radical (unpaired) electrons.